The fraction of sp³-hybridized carbons (Fsp3) is 0.105. The van der Waals surface area contributed by atoms with Crippen molar-refractivity contribution < 1.29 is 4.79 Å². The molecule has 6 heteroatoms. The zero-order valence-electron chi connectivity index (χ0n) is 13.9. The Balaban J connectivity index is 1.93. The number of pyridine rings is 1. The molecule has 0 saturated carbocycles. The van der Waals surface area contributed by atoms with Crippen LogP contribution in [0.25, 0.3) is 33.2 Å². The third kappa shape index (κ3) is 2.57. The summed E-state index contributed by atoms with van der Waals surface area (Å²) in [6, 6.07) is 11.8. The molecule has 0 unspecified atom stereocenters. The second-order valence-corrected chi connectivity index (χ2v) is 6.03. The van der Waals surface area contributed by atoms with Gasteiger partial charge in [-0.05, 0) is 36.4 Å². The number of carbonyl (C=O) groups is 1. The molecular formula is C19H17N5O. The molecule has 124 valence electrons. The topological polar surface area (TPSA) is 89.1 Å². The van der Waals surface area contributed by atoms with Crippen molar-refractivity contribution in [1.29, 1.82) is 0 Å². The minimum absolute atomic E-state index is 0.225. The maximum atomic E-state index is 11.2. The van der Waals surface area contributed by atoms with Crippen LogP contribution in [0, 0.1) is 0 Å². The first-order chi connectivity index (χ1) is 12.0. The van der Waals surface area contributed by atoms with Crippen LogP contribution in [-0.4, -0.2) is 26.3 Å². The Kier molecular flexibility index (Phi) is 3.39. The number of amidine groups is 1. The van der Waals surface area contributed by atoms with Gasteiger partial charge in [0, 0.05) is 59.5 Å². The molecule has 0 aliphatic carbocycles. The number of aromatic amines is 1. The Labute approximate surface area is 144 Å². The Bertz CT molecular complexity index is 1120. The van der Waals surface area contributed by atoms with Crippen LogP contribution in [0.3, 0.4) is 0 Å². The molecule has 0 bridgehead atoms. The summed E-state index contributed by atoms with van der Waals surface area (Å²) in [4.78, 5) is 22.7. The number of rotatable bonds is 2. The molecule has 6 nitrogen and oxygen atoms in total. The first kappa shape index (κ1) is 15.1. The normalized spacial score (nSPS) is 12.2. The van der Waals surface area contributed by atoms with E-state index < -0.39 is 0 Å². The summed E-state index contributed by atoms with van der Waals surface area (Å²) in [6.07, 6.45) is 3.83. The number of aliphatic imine (C=N–C) groups is 1. The average molecular weight is 331 g/mol. The maximum Gasteiger partial charge on any atom is 0.244 e. The van der Waals surface area contributed by atoms with E-state index in [1.54, 1.807) is 6.20 Å². The minimum atomic E-state index is -0.312. The van der Waals surface area contributed by atoms with Gasteiger partial charge in [-0.25, -0.2) is 4.98 Å². The van der Waals surface area contributed by atoms with Gasteiger partial charge < -0.3 is 15.3 Å². The molecule has 3 heterocycles. The van der Waals surface area contributed by atoms with Crippen molar-refractivity contribution in [1.82, 2.24) is 14.5 Å². The van der Waals surface area contributed by atoms with Gasteiger partial charge in [0.05, 0.1) is 0 Å². The Hall–Kier alpha value is -3.41. The van der Waals surface area contributed by atoms with Crippen molar-refractivity contribution >= 4 is 33.7 Å². The third-order valence-electron chi connectivity index (χ3n) is 4.25. The number of hydrogen-bond acceptors (Lipinski definition) is 2. The fourth-order valence-electron chi connectivity index (χ4n) is 3.10. The minimum Gasteiger partial charge on any atom is -0.383 e. The summed E-state index contributed by atoms with van der Waals surface area (Å²) in [5.74, 6) is -0.0879. The molecule has 4 rings (SSSR count). The fourth-order valence-corrected chi connectivity index (χ4v) is 3.10. The molecule has 0 fully saturated rings. The second kappa shape index (κ2) is 5.59. The summed E-state index contributed by atoms with van der Waals surface area (Å²) >= 11 is 0. The standard InChI is InChI=1S/C19H17N5O/c1-11(25)22-18(20)12-5-6-17-14(8-12)15(10-24(17)2)16-9-13-4-3-7-21-19(13)23-16/h3-10H,1-2H3,(H,21,23)(H2,20,22,25). The van der Waals surface area contributed by atoms with E-state index in [0.29, 0.717) is 0 Å². The number of H-pyrrole nitrogens is 1. The van der Waals surface area contributed by atoms with Crippen LogP contribution in [0.5, 0.6) is 0 Å². The number of nitrogens with zero attached hydrogens (tertiary/aromatic N) is 3. The summed E-state index contributed by atoms with van der Waals surface area (Å²) < 4.78 is 2.06. The smallest absolute Gasteiger partial charge is 0.244 e. The van der Waals surface area contributed by atoms with Crippen LogP contribution in [0.4, 0.5) is 0 Å². The Morgan fingerprint density at radius 3 is 2.88 bits per heavy atom. The van der Waals surface area contributed by atoms with Gasteiger partial charge in [-0.1, -0.05) is 0 Å². The Morgan fingerprint density at radius 2 is 2.12 bits per heavy atom. The molecule has 3 aromatic heterocycles. The van der Waals surface area contributed by atoms with Crippen molar-refractivity contribution in [2.45, 2.75) is 6.92 Å². The van der Waals surface area contributed by atoms with E-state index in [4.69, 9.17) is 5.73 Å². The number of nitrogens with one attached hydrogen (secondary N) is 1. The molecule has 0 spiro atoms. The number of amides is 1. The highest BCUT2D eigenvalue weighted by Crippen LogP contribution is 2.32. The zero-order valence-corrected chi connectivity index (χ0v) is 13.9. The van der Waals surface area contributed by atoms with Crippen LogP contribution < -0.4 is 5.73 Å². The van der Waals surface area contributed by atoms with Gasteiger partial charge in [0.25, 0.3) is 0 Å². The molecule has 0 aliphatic rings. The van der Waals surface area contributed by atoms with Crippen molar-refractivity contribution in [2.75, 3.05) is 0 Å². The van der Waals surface area contributed by atoms with Crippen LogP contribution in [0.15, 0.2) is 53.8 Å². The summed E-state index contributed by atoms with van der Waals surface area (Å²) in [5, 5.41) is 2.09. The Morgan fingerprint density at radius 1 is 1.28 bits per heavy atom. The highest BCUT2D eigenvalue weighted by atomic mass is 16.1. The summed E-state index contributed by atoms with van der Waals surface area (Å²) in [6.45, 7) is 1.39. The van der Waals surface area contributed by atoms with E-state index >= 15 is 0 Å². The van der Waals surface area contributed by atoms with Crippen molar-refractivity contribution in [3.8, 4) is 11.3 Å². The highest BCUT2D eigenvalue weighted by Gasteiger charge is 2.13. The molecule has 1 amide bonds. The largest absolute Gasteiger partial charge is 0.383 e. The number of aryl methyl sites for hydroxylation is 1. The molecule has 0 radical (unpaired) electrons. The van der Waals surface area contributed by atoms with E-state index in [0.717, 1.165) is 38.8 Å². The van der Waals surface area contributed by atoms with Gasteiger partial charge in [0.2, 0.25) is 5.91 Å². The number of nitrogens with two attached hydrogens (primary N) is 1. The molecule has 0 saturated heterocycles. The van der Waals surface area contributed by atoms with Crippen LogP contribution in [0.1, 0.15) is 12.5 Å². The van der Waals surface area contributed by atoms with Gasteiger partial charge in [-0.2, -0.15) is 4.99 Å². The highest BCUT2D eigenvalue weighted by molar-refractivity contribution is 6.07. The lowest BCUT2D eigenvalue weighted by Crippen LogP contribution is -2.14. The average Bonchev–Trinajstić information content (AvgIpc) is 3.15. The van der Waals surface area contributed by atoms with E-state index in [1.807, 2.05) is 37.4 Å². The monoisotopic (exact) mass is 331 g/mol. The molecule has 3 N–H and O–H groups in total. The van der Waals surface area contributed by atoms with Crippen molar-refractivity contribution in [2.24, 2.45) is 17.8 Å². The van der Waals surface area contributed by atoms with Gasteiger partial charge in [0.15, 0.2) is 0 Å². The molecule has 0 atom stereocenters. The lowest BCUT2D eigenvalue weighted by atomic mass is 10.1. The first-order valence-corrected chi connectivity index (χ1v) is 7.91. The van der Waals surface area contributed by atoms with Gasteiger partial charge in [0.1, 0.15) is 11.5 Å². The molecule has 25 heavy (non-hydrogen) atoms. The predicted molar refractivity (Wildman–Crippen MR) is 99.4 cm³/mol. The van der Waals surface area contributed by atoms with Crippen molar-refractivity contribution in [3.05, 3.63) is 54.4 Å². The molecular weight excluding hydrogens is 314 g/mol. The molecule has 4 aromatic rings. The maximum absolute atomic E-state index is 11.2. The van der Waals surface area contributed by atoms with Gasteiger partial charge in [-0.15, -0.1) is 0 Å². The number of fused-ring (bicyclic) bond motifs is 2. The SMILES string of the molecule is CC(=O)N=C(N)c1ccc2c(c1)c(-c1cc3cccnc3[nH]1)cn2C. The van der Waals surface area contributed by atoms with Crippen LogP contribution >= 0.6 is 0 Å². The summed E-state index contributed by atoms with van der Waals surface area (Å²) in [7, 11) is 2.00. The van der Waals surface area contributed by atoms with Crippen molar-refractivity contribution in [3.63, 3.8) is 0 Å². The molecule has 0 aliphatic heterocycles. The van der Waals surface area contributed by atoms with Gasteiger partial charge in [-0.3, -0.25) is 4.79 Å². The summed E-state index contributed by atoms with van der Waals surface area (Å²) in [5.41, 5.74) is 10.6. The number of benzene rings is 1. The van der Waals surface area contributed by atoms with E-state index in [1.165, 1.54) is 6.92 Å². The predicted octanol–water partition coefficient (Wildman–Crippen LogP) is 2.97. The number of hydrogen-bond donors (Lipinski definition) is 2. The van der Waals surface area contributed by atoms with E-state index in [-0.39, 0.29) is 11.7 Å². The first-order valence-electron chi connectivity index (χ1n) is 7.91. The lowest BCUT2D eigenvalue weighted by Gasteiger charge is -2.02. The number of aromatic nitrogens is 3. The second-order valence-electron chi connectivity index (χ2n) is 6.03. The quantitative estimate of drug-likeness (QED) is 0.437. The van der Waals surface area contributed by atoms with Gasteiger partial charge >= 0.3 is 0 Å². The molecule has 1 aromatic carbocycles. The van der Waals surface area contributed by atoms with Crippen LogP contribution in [0.2, 0.25) is 0 Å². The number of carbonyl (C=O) groups excluding carboxylic acids is 1. The van der Waals surface area contributed by atoms with Crippen LogP contribution in [-0.2, 0) is 11.8 Å². The third-order valence-corrected chi connectivity index (χ3v) is 4.25. The zero-order chi connectivity index (χ0) is 17.6. The van der Waals surface area contributed by atoms with E-state index in [9.17, 15) is 4.79 Å². The lowest BCUT2D eigenvalue weighted by molar-refractivity contribution is -0.115. The van der Waals surface area contributed by atoms with E-state index in [2.05, 4.69) is 31.8 Å².